The summed E-state index contributed by atoms with van der Waals surface area (Å²) in [6.07, 6.45) is 0.975. The standard InChI is InChI=1S/C7H14N2O3S/c1-2-8-13(10,11)9-4-7-3-6(9)5-12-7/h6-8H,2-5H2,1H3. The van der Waals surface area contributed by atoms with Crippen molar-refractivity contribution in [2.75, 3.05) is 19.7 Å². The summed E-state index contributed by atoms with van der Waals surface area (Å²) in [6.45, 7) is 3.29. The monoisotopic (exact) mass is 206 g/mol. The van der Waals surface area contributed by atoms with Crippen molar-refractivity contribution in [3.63, 3.8) is 0 Å². The first-order chi connectivity index (χ1) is 6.13. The van der Waals surface area contributed by atoms with E-state index in [2.05, 4.69) is 4.72 Å². The molecule has 0 aromatic carbocycles. The molecular formula is C7H14N2O3S. The molecule has 2 heterocycles. The van der Waals surface area contributed by atoms with Crippen LogP contribution in [-0.2, 0) is 14.9 Å². The molecule has 2 atom stereocenters. The maximum absolute atomic E-state index is 11.6. The third-order valence-corrected chi connectivity index (χ3v) is 4.20. The van der Waals surface area contributed by atoms with E-state index in [0.717, 1.165) is 6.42 Å². The zero-order chi connectivity index (χ0) is 9.47. The van der Waals surface area contributed by atoms with E-state index < -0.39 is 10.2 Å². The smallest absolute Gasteiger partial charge is 0.279 e. The lowest BCUT2D eigenvalue weighted by molar-refractivity contribution is 0.0604. The molecule has 76 valence electrons. The molecule has 0 saturated carbocycles. The third kappa shape index (κ3) is 1.59. The molecule has 13 heavy (non-hydrogen) atoms. The first-order valence-electron chi connectivity index (χ1n) is 4.51. The van der Waals surface area contributed by atoms with Crippen LogP contribution in [0.4, 0.5) is 0 Å². The normalized spacial score (nSPS) is 34.2. The van der Waals surface area contributed by atoms with Crippen molar-refractivity contribution in [2.24, 2.45) is 0 Å². The van der Waals surface area contributed by atoms with Crippen molar-refractivity contribution in [3.8, 4) is 0 Å². The first kappa shape index (κ1) is 9.39. The fourth-order valence-corrected chi connectivity index (χ4v) is 3.36. The lowest BCUT2D eigenvalue weighted by Crippen LogP contribution is -2.47. The van der Waals surface area contributed by atoms with Gasteiger partial charge in [0.15, 0.2) is 0 Å². The van der Waals surface area contributed by atoms with E-state index in [4.69, 9.17) is 4.74 Å². The lowest BCUT2D eigenvalue weighted by atomic mass is 10.3. The average Bonchev–Trinajstić information content (AvgIpc) is 2.63. The lowest BCUT2D eigenvalue weighted by Gasteiger charge is -2.25. The minimum atomic E-state index is -3.24. The van der Waals surface area contributed by atoms with Crippen LogP contribution in [0.15, 0.2) is 0 Å². The molecule has 0 aromatic rings. The Bertz CT molecular complexity index is 290. The topological polar surface area (TPSA) is 58.6 Å². The molecular weight excluding hydrogens is 192 g/mol. The molecule has 2 unspecified atom stereocenters. The maximum atomic E-state index is 11.6. The van der Waals surface area contributed by atoms with Gasteiger partial charge in [0.2, 0.25) is 0 Å². The molecule has 0 spiro atoms. The number of fused-ring (bicyclic) bond motifs is 2. The number of hydrogen-bond donors (Lipinski definition) is 1. The Labute approximate surface area is 78.2 Å². The number of rotatable bonds is 3. The summed E-state index contributed by atoms with van der Waals surface area (Å²) in [5.41, 5.74) is 0. The average molecular weight is 206 g/mol. The summed E-state index contributed by atoms with van der Waals surface area (Å²) in [4.78, 5) is 0. The molecule has 2 fully saturated rings. The van der Waals surface area contributed by atoms with Gasteiger partial charge >= 0.3 is 0 Å². The van der Waals surface area contributed by atoms with Crippen molar-refractivity contribution in [2.45, 2.75) is 25.5 Å². The van der Waals surface area contributed by atoms with Crippen molar-refractivity contribution < 1.29 is 13.2 Å². The van der Waals surface area contributed by atoms with Crippen LogP contribution in [-0.4, -0.2) is 44.6 Å². The van der Waals surface area contributed by atoms with Crippen molar-refractivity contribution in [1.29, 1.82) is 0 Å². The highest BCUT2D eigenvalue weighted by molar-refractivity contribution is 7.87. The molecule has 6 heteroatoms. The molecule has 2 bridgehead atoms. The summed E-state index contributed by atoms with van der Waals surface area (Å²) in [5, 5.41) is 0. The van der Waals surface area contributed by atoms with Crippen LogP contribution in [0.2, 0.25) is 0 Å². The predicted octanol–water partition coefficient (Wildman–Crippen LogP) is -0.686. The summed E-state index contributed by atoms with van der Waals surface area (Å²) < 4.78 is 32.5. The van der Waals surface area contributed by atoms with Gasteiger partial charge in [-0.15, -0.1) is 0 Å². The van der Waals surface area contributed by atoms with Gasteiger partial charge in [-0.05, 0) is 6.42 Å². The summed E-state index contributed by atoms with van der Waals surface area (Å²) in [7, 11) is -3.24. The fraction of sp³-hybridized carbons (Fsp3) is 1.00. The van der Waals surface area contributed by atoms with Crippen LogP contribution in [0.25, 0.3) is 0 Å². The summed E-state index contributed by atoms with van der Waals surface area (Å²) in [6, 6.07) is 0.0639. The van der Waals surface area contributed by atoms with Gasteiger partial charge in [-0.1, -0.05) is 6.92 Å². The Kier molecular flexibility index (Phi) is 2.31. The van der Waals surface area contributed by atoms with Crippen molar-refractivity contribution in [1.82, 2.24) is 9.03 Å². The summed E-state index contributed by atoms with van der Waals surface area (Å²) in [5.74, 6) is 0. The summed E-state index contributed by atoms with van der Waals surface area (Å²) >= 11 is 0. The number of hydrogen-bond acceptors (Lipinski definition) is 3. The zero-order valence-electron chi connectivity index (χ0n) is 7.56. The molecule has 0 aromatic heterocycles. The Hall–Kier alpha value is -0.170. The van der Waals surface area contributed by atoms with Gasteiger partial charge < -0.3 is 4.74 Å². The Morgan fingerprint density at radius 2 is 2.38 bits per heavy atom. The number of nitrogens with zero attached hydrogens (tertiary/aromatic N) is 1. The second kappa shape index (κ2) is 3.20. The van der Waals surface area contributed by atoms with Crippen LogP contribution in [0.5, 0.6) is 0 Å². The highest BCUT2D eigenvalue weighted by Crippen LogP contribution is 2.29. The van der Waals surface area contributed by atoms with E-state index in [1.165, 1.54) is 4.31 Å². The van der Waals surface area contributed by atoms with Crippen LogP contribution >= 0.6 is 0 Å². The fourth-order valence-electron chi connectivity index (χ4n) is 1.92. The molecule has 5 nitrogen and oxygen atoms in total. The molecule has 0 aliphatic carbocycles. The van der Waals surface area contributed by atoms with Gasteiger partial charge in [0.25, 0.3) is 10.2 Å². The molecule has 1 N–H and O–H groups in total. The molecule has 0 amide bonds. The SMILES string of the molecule is CCNS(=O)(=O)N1CC2CC1CO2. The second-order valence-corrected chi connectivity index (χ2v) is 5.13. The quantitative estimate of drug-likeness (QED) is 0.665. The maximum Gasteiger partial charge on any atom is 0.279 e. The van der Waals surface area contributed by atoms with Crippen LogP contribution < -0.4 is 4.72 Å². The van der Waals surface area contributed by atoms with Gasteiger partial charge in [0, 0.05) is 13.1 Å². The van der Waals surface area contributed by atoms with E-state index in [1.54, 1.807) is 6.92 Å². The highest BCUT2D eigenvalue weighted by atomic mass is 32.2. The first-order valence-corrected chi connectivity index (χ1v) is 5.95. The third-order valence-electron chi connectivity index (χ3n) is 2.49. The second-order valence-electron chi connectivity index (χ2n) is 3.42. The van der Waals surface area contributed by atoms with Gasteiger partial charge in [-0.25, -0.2) is 4.72 Å². The van der Waals surface area contributed by atoms with E-state index in [0.29, 0.717) is 19.7 Å². The van der Waals surface area contributed by atoms with E-state index in [1.807, 2.05) is 0 Å². The Morgan fingerprint density at radius 1 is 1.62 bits per heavy atom. The predicted molar refractivity (Wildman–Crippen MR) is 47.4 cm³/mol. The van der Waals surface area contributed by atoms with E-state index >= 15 is 0 Å². The van der Waals surface area contributed by atoms with E-state index in [9.17, 15) is 8.42 Å². The van der Waals surface area contributed by atoms with Gasteiger partial charge in [0.1, 0.15) is 0 Å². The number of ether oxygens (including phenoxy) is 1. The molecule has 0 radical (unpaired) electrons. The van der Waals surface area contributed by atoms with E-state index in [-0.39, 0.29) is 12.1 Å². The molecule has 2 aliphatic rings. The zero-order valence-corrected chi connectivity index (χ0v) is 8.38. The van der Waals surface area contributed by atoms with Gasteiger partial charge in [-0.3, -0.25) is 0 Å². The van der Waals surface area contributed by atoms with Gasteiger partial charge in [0.05, 0.1) is 18.8 Å². The minimum Gasteiger partial charge on any atom is -0.375 e. The Balaban J connectivity index is 2.10. The molecule has 2 saturated heterocycles. The Morgan fingerprint density at radius 3 is 2.85 bits per heavy atom. The van der Waals surface area contributed by atoms with Crippen LogP contribution in [0.1, 0.15) is 13.3 Å². The largest absolute Gasteiger partial charge is 0.375 e. The number of morpholine rings is 1. The van der Waals surface area contributed by atoms with Crippen LogP contribution in [0, 0.1) is 0 Å². The van der Waals surface area contributed by atoms with Crippen molar-refractivity contribution >= 4 is 10.2 Å². The minimum absolute atomic E-state index is 0.0639. The molecule has 2 rings (SSSR count). The molecule has 2 aliphatic heterocycles. The van der Waals surface area contributed by atoms with Gasteiger partial charge in [-0.2, -0.15) is 12.7 Å². The number of nitrogens with one attached hydrogen (secondary N) is 1. The van der Waals surface area contributed by atoms with Crippen LogP contribution in [0.3, 0.4) is 0 Å². The highest BCUT2D eigenvalue weighted by Gasteiger charge is 2.44. The van der Waals surface area contributed by atoms with Crippen molar-refractivity contribution in [3.05, 3.63) is 0 Å².